The number of aromatic nitrogens is 3. The number of hydrogen-bond acceptors (Lipinski definition) is 5. The molecule has 1 fully saturated rings. The highest BCUT2D eigenvalue weighted by Crippen LogP contribution is 2.50. The van der Waals surface area contributed by atoms with Crippen LogP contribution in [0, 0.1) is 11.3 Å². The molecule has 1 amide bonds. The normalized spacial score (nSPS) is 19.9. The fourth-order valence-corrected chi connectivity index (χ4v) is 5.36. The number of ether oxygens (including phenoxy) is 2. The van der Waals surface area contributed by atoms with Crippen LogP contribution in [0.3, 0.4) is 0 Å². The number of hydrogen-bond donors (Lipinski definition) is 1. The van der Waals surface area contributed by atoms with E-state index in [4.69, 9.17) is 37.9 Å². The minimum Gasteiger partial charge on any atom is -0.478 e. The lowest BCUT2D eigenvalue weighted by Crippen LogP contribution is -2.24. The Morgan fingerprint density at radius 1 is 1.39 bits per heavy atom. The lowest BCUT2D eigenvalue weighted by atomic mass is 10.00. The second kappa shape index (κ2) is 8.90. The van der Waals surface area contributed by atoms with Crippen molar-refractivity contribution in [2.75, 3.05) is 13.2 Å². The molecule has 2 aromatic heterocycles. The van der Waals surface area contributed by atoms with Gasteiger partial charge in [0.05, 0.1) is 33.2 Å². The number of rotatable bonds is 5. The standard InChI is InChI=1S/C23H23Cl2N5O3/c1-13(31)28-16-5-7-29-22(16)19(14-11-27-30(12-14)18-4-2-3-8-33-18)20-17(32-9-6-26)10-15(24)21(25)23(20)29/h10-12,16,18H,2-5,7-9H2,1H3,(H,28,31)/t16-,18?/m1/s1. The van der Waals surface area contributed by atoms with E-state index in [-0.39, 0.29) is 24.8 Å². The van der Waals surface area contributed by atoms with Crippen LogP contribution in [0.5, 0.6) is 5.75 Å². The minimum atomic E-state index is -0.196. The van der Waals surface area contributed by atoms with Crippen molar-refractivity contribution in [1.29, 1.82) is 5.26 Å². The average Bonchev–Trinajstić information content (AvgIpc) is 3.51. The highest BCUT2D eigenvalue weighted by Gasteiger charge is 2.34. The van der Waals surface area contributed by atoms with Crippen LogP contribution in [0.1, 0.15) is 50.6 Å². The lowest BCUT2D eigenvalue weighted by Gasteiger charge is -2.22. The molecule has 3 aromatic rings. The SMILES string of the molecule is CC(=O)N[C@@H]1CCn2c1c(-c1cnn(C3CCCCO3)c1)c1c(OCC#N)cc(Cl)c(Cl)c12. The zero-order valence-electron chi connectivity index (χ0n) is 18.1. The van der Waals surface area contributed by atoms with Crippen molar-refractivity contribution < 1.29 is 14.3 Å². The number of nitriles is 1. The molecular weight excluding hydrogens is 465 g/mol. The van der Waals surface area contributed by atoms with Crippen molar-refractivity contribution in [2.24, 2.45) is 0 Å². The molecule has 1 N–H and O–H groups in total. The minimum absolute atomic E-state index is 0.104. The van der Waals surface area contributed by atoms with E-state index in [2.05, 4.69) is 15.0 Å². The molecule has 1 aromatic carbocycles. The van der Waals surface area contributed by atoms with Crippen molar-refractivity contribution in [3.05, 3.63) is 34.2 Å². The number of nitrogens with one attached hydrogen (secondary N) is 1. The van der Waals surface area contributed by atoms with Crippen LogP contribution in [0.25, 0.3) is 22.0 Å². The predicted octanol–water partition coefficient (Wildman–Crippen LogP) is 4.99. The van der Waals surface area contributed by atoms with Crippen molar-refractivity contribution in [3.8, 4) is 22.9 Å². The fourth-order valence-electron chi connectivity index (χ4n) is 4.92. The third kappa shape index (κ3) is 3.84. The van der Waals surface area contributed by atoms with Crippen molar-refractivity contribution >= 4 is 40.0 Å². The Morgan fingerprint density at radius 3 is 2.97 bits per heavy atom. The Balaban J connectivity index is 1.74. The van der Waals surface area contributed by atoms with E-state index in [0.717, 1.165) is 60.0 Å². The molecule has 172 valence electrons. The molecule has 0 spiro atoms. The van der Waals surface area contributed by atoms with Gasteiger partial charge in [0.25, 0.3) is 0 Å². The van der Waals surface area contributed by atoms with E-state index < -0.39 is 0 Å². The molecule has 2 aliphatic rings. The Bertz CT molecular complexity index is 1270. The summed E-state index contributed by atoms with van der Waals surface area (Å²) in [4.78, 5) is 12.0. The summed E-state index contributed by atoms with van der Waals surface area (Å²) in [6.07, 6.45) is 7.44. The maximum absolute atomic E-state index is 12.0. The van der Waals surface area contributed by atoms with Crippen molar-refractivity contribution in [1.82, 2.24) is 19.7 Å². The van der Waals surface area contributed by atoms with Crippen LogP contribution in [0.4, 0.5) is 0 Å². The quantitative estimate of drug-likeness (QED) is 0.546. The first-order valence-electron chi connectivity index (χ1n) is 11.0. The highest BCUT2D eigenvalue weighted by atomic mass is 35.5. The van der Waals surface area contributed by atoms with Gasteiger partial charge in [-0.3, -0.25) is 4.79 Å². The number of nitrogens with zero attached hydrogens (tertiary/aromatic N) is 4. The number of fused-ring (bicyclic) bond motifs is 3. The summed E-state index contributed by atoms with van der Waals surface area (Å²) >= 11 is 13.1. The second-order valence-corrected chi connectivity index (χ2v) is 9.11. The summed E-state index contributed by atoms with van der Waals surface area (Å²) in [7, 11) is 0. The molecule has 5 rings (SSSR count). The Labute approximate surface area is 201 Å². The van der Waals surface area contributed by atoms with Crippen LogP contribution in [0.15, 0.2) is 18.5 Å². The molecule has 0 saturated carbocycles. The smallest absolute Gasteiger partial charge is 0.217 e. The molecule has 1 saturated heterocycles. The van der Waals surface area contributed by atoms with E-state index >= 15 is 0 Å². The molecule has 33 heavy (non-hydrogen) atoms. The summed E-state index contributed by atoms with van der Waals surface area (Å²) in [5, 5.41) is 18.3. The van der Waals surface area contributed by atoms with E-state index in [1.807, 2.05) is 16.9 Å². The molecule has 2 atom stereocenters. The molecule has 8 nitrogen and oxygen atoms in total. The molecule has 2 aliphatic heterocycles. The van der Waals surface area contributed by atoms with Gasteiger partial charge < -0.3 is 19.4 Å². The van der Waals surface area contributed by atoms with E-state index in [0.29, 0.717) is 22.3 Å². The summed E-state index contributed by atoms with van der Waals surface area (Å²) in [5.74, 6) is 0.363. The lowest BCUT2D eigenvalue weighted by molar-refractivity contribution is -0.119. The van der Waals surface area contributed by atoms with Crippen LogP contribution in [-0.2, 0) is 16.1 Å². The Kier molecular flexibility index (Phi) is 5.95. The average molecular weight is 488 g/mol. The largest absolute Gasteiger partial charge is 0.478 e. The van der Waals surface area contributed by atoms with Gasteiger partial charge in [-0.15, -0.1) is 0 Å². The Morgan fingerprint density at radius 2 is 2.24 bits per heavy atom. The summed E-state index contributed by atoms with van der Waals surface area (Å²) in [6, 6.07) is 3.46. The zero-order valence-corrected chi connectivity index (χ0v) is 19.6. The van der Waals surface area contributed by atoms with Crippen LogP contribution < -0.4 is 10.1 Å². The first-order chi connectivity index (χ1) is 16.0. The monoisotopic (exact) mass is 487 g/mol. The molecule has 0 aliphatic carbocycles. The summed E-state index contributed by atoms with van der Waals surface area (Å²) < 4.78 is 15.6. The molecule has 1 unspecified atom stereocenters. The maximum atomic E-state index is 12.0. The van der Waals surface area contributed by atoms with Gasteiger partial charge in [-0.05, 0) is 25.7 Å². The van der Waals surface area contributed by atoms with Gasteiger partial charge in [0.1, 0.15) is 18.0 Å². The topological polar surface area (TPSA) is 94.1 Å². The first-order valence-corrected chi connectivity index (χ1v) is 11.7. The van der Waals surface area contributed by atoms with Gasteiger partial charge in [0.15, 0.2) is 6.61 Å². The third-order valence-corrected chi connectivity index (χ3v) is 6.98. The number of benzene rings is 1. The number of amides is 1. The predicted molar refractivity (Wildman–Crippen MR) is 124 cm³/mol. The third-order valence-electron chi connectivity index (χ3n) is 6.21. The molecule has 10 heteroatoms. The number of carbonyl (C=O) groups excluding carboxylic acids is 1. The number of halogens is 2. The summed E-state index contributed by atoms with van der Waals surface area (Å²) in [5.41, 5.74) is 3.39. The van der Waals surface area contributed by atoms with E-state index in [9.17, 15) is 4.79 Å². The van der Waals surface area contributed by atoms with Crippen molar-refractivity contribution in [3.63, 3.8) is 0 Å². The molecule has 0 bridgehead atoms. The summed E-state index contributed by atoms with van der Waals surface area (Å²) in [6.45, 7) is 2.76. The first kappa shape index (κ1) is 22.1. The van der Waals surface area contributed by atoms with Gasteiger partial charge >= 0.3 is 0 Å². The van der Waals surface area contributed by atoms with Gasteiger partial charge in [0, 0.05) is 49.2 Å². The van der Waals surface area contributed by atoms with Crippen LogP contribution >= 0.6 is 23.2 Å². The van der Waals surface area contributed by atoms with Crippen molar-refractivity contribution in [2.45, 2.75) is 51.4 Å². The second-order valence-electron chi connectivity index (χ2n) is 8.32. The van der Waals surface area contributed by atoms with Crippen LogP contribution in [0.2, 0.25) is 10.0 Å². The zero-order chi connectivity index (χ0) is 23.1. The van der Waals surface area contributed by atoms with E-state index in [1.54, 1.807) is 12.3 Å². The molecule has 0 radical (unpaired) electrons. The van der Waals surface area contributed by atoms with Gasteiger partial charge in [-0.2, -0.15) is 10.4 Å². The fraction of sp³-hybridized carbons (Fsp3) is 0.435. The van der Waals surface area contributed by atoms with E-state index in [1.165, 1.54) is 6.92 Å². The number of aryl methyl sites for hydroxylation is 1. The maximum Gasteiger partial charge on any atom is 0.217 e. The van der Waals surface area contributed by atoms with Crippen LogP contribution in [-0.4, -0.2) is 33.5 Å². The molecular formula is C23H23Cl2N5O3. The number of carbonyl (C=O) groups is 1. The van der Waals surface area contributed by atoms with Gasteiger partial charge in [-0.1, -0.05) is 23.2 Å². The van der Waals surface area contributed by atoms with Gasteiger partial charge in [0.2, 0.25) is 5.91 Å². The highest BCUT2D eigenvalue weighted by molar-refractivity contribution is 6.45. The molecule has 4 heterocycles. The Hall–Kier alpha value is -2.73. The van der Waals surface area contributed by atoms with Gasteiger partial charge in [-0.25, -0.2) is 4.68 Å².